The van der Waals surface area contributed by atoms with Crippen molar-refractivity contribution in [3.8, 4) is 0 Å². The van der Waals surface area contributed by atoms with Crippen molar-refractivity contribution in [1.29, 1.82) is 0 Å². The largest absolute Gasteiger partial charge is 0.359 e. The lowest BCUT2D eigenvalue weighted by Gasteiger charge is -2.20. The Bertz CT molecular complexity index is 403. The Hall–Kier alpha value is -1.09. The topological polar surface area (TPSA) is 28.2 Å². The van der Waals surface area contributed by atoms with Crippen LogP contribution in [0, 0.1) is 11.8 Å². The van der Waals surface area contributed by atoms with E-state index in [9.17, 15) is 0 Å². The third kappa shape index (κ3) is 3.22. The van der Waals surface area contributed by atoms with Crippen molar-refractivity contribution in [2.24, 2.45) is 11.8 Å². The number of pyridine rings is 1. The summed E-state index contributed by atoms with van der Waals surface area (Å²) >= 11 is 0. The van der Waals surface area contributed by atoms with Gasteiger partial charge in [0.25, 0.3) is 0 Å². The average Bonchev–Trinajstić information content (AvgIpc) is 3.04. The first kappa shape index (κ1) is 13.3. The summed E-state index contributed by atoms with van der Waals surface area (Å²) < 4.78 is 0. The number of anilines is 1. The Kier molecular flexibility index (Phi) is 4.23. The minimum Gasteiger partial charge on any atom is -0.359 e. The molecule has 1 N–H and O–H groups in total. The molecule has 1 aromatic heterocycles. The highest BCUT2D eigenvalue weighted by Gasteiger charge is 2.33. The number of hydrogen-bond donors (Lipinski definition) is 1. The molecule has 0 aromatic carbocycles. The Morgan fingerprint density at radius 2 is 2.17 bits per heavy atom. The van der Waals surface area contributed by atoms with Crippen LogP contribution in [0.3, 0.4) is 0 Å². The maximum absolute atomic E-state index is 4.74. The number of aryl methyl sites for hydroxylation is 1. The minimum absolute atomic E-state index is 0.870. The number of nitrogens with zero attached hydrogens (tertiary/aromatic N) is 2. The van der Waals surface area contributed by atoms with Gasteiger partial charge in [-0.15, -0.1) is 0 Å². The molecule has 0 saturated heterocycles. The van der Waals surface area contributed by atoms with Crippen LogP contribution in [-0.4, -0.2) is 25.6 Å². The molecule has 18 heavy (non-hydrogen) atoms. The molecule has 2 unspecified atom stereocenters. The molecule has 0 spiro atoms. The van der Waals surface area contributed by atoms with Crippen molar-refractivity contribution in [2.75, 3.05) is 25.5 Å². The molecule has 100 valence electrons. The van der Waals surface area contributed by atoms with Crippen molar-refractivity contribution in [3.05, 3.63) is 23.4 Å². The van der Waals surface area contributed by atoms with Crippen LogP contribution in [0.25, 0.3) is 0 Å². The van der Waals surface area contributed by atoms with Gasteiger partial charge < -0.3 is 10.2 Å². The normalized spacial score (nSPS) is 22.0. The van der Waals surface area contributed by atoms with Gasteiger partial charge in [0, 0.05) is 25.8 Å². The van der Waals surface area contributed by atoms with Gasteiger partial charge in [-0.2, -0.15) is 0 Å². The molecule has 1 fully saturated rings. The van der Waals surface area contributed by atoms with Crippen LogP contribution in [0.4, 0.5) is 5.82 Å². The summed E-state index contributed by atoms with van der Waals surface area (Å²) in [4.78, 5) is 7.05. The molecule has 0 bridgehead atoms. The molecule has 0 aliphatic heterocycles. The van der Waals surface area contributed by atoms with Crippen molar-refractivity contribution in [3.63, 3.8) is 0 Å². The molecule has 1 aromatic rings. The summed E-state index contributed by atoms with van der Waals surface area (Å²) in [5.41, 5.74) is 2.52. The average molecular weight is 247 g/mol. The van der Waals surface area contributed by atoms with E-state index in [4.69, 9.17) is 4.98 Å². The van der Waals surface area contributed by atoms with E-state index >= 15 is 0 Å². The maximum Gasteiger partial charge on any atom is 0.128 e. The van der Waals surface area contributed by atoms with E-state index < -0.39 is 0 Å². The van der Waals surface area contributed by atoms with E-state index in [2.05, 4.69) is 43.2 Å². The Morgan fingerprint density at radius 3 is 2.72 bits per heavy atom. The fourth-order valence-corrected chi connectivity index (χ4v) is 2.41. The summed E-state index contributed by atoms with van der Waals surface area (Å²) in [7, 11) is 4.15. The lowest BCUT2D eigenvalue weighted by atomic mass is 10.2. The van der Waals surface area contributed by atoms with Crippen molar-refractivity contribution in [1.82, 2.24) is 10.3 Å². The first-order chi connectivity index (χ1) is 8.63. The number of rotatable bonds is 6. The van der Waals surface area contributed by atoms with Gasteiger partial charge in [0.15, 0.2) is 0 Å². The fraction of sp³-hybridized carbons (Fsp3) is 0.667. The zero-order valence-electron chi connectivity index (χ0n) is 12.0. The van der Waals surface area contributed by atoms with Crippen molar-refractivity contribution < 1.29 is 0 Å². The minimum atomic E-state index is 0.870. The van der Waals surface area contributed by atoms with E-state index in [1.165, 1.54) is 17.7 Å². The molecule has 0 amide bonds. The predicted octanol–water partition coefficient (Wildman–Crippen LogP) is 2.46. The van der Waals surface area contributed by atoms with Crippen LogP contribution in [-0.2, 0) is 13.0 Å². The number of nitrogens with one attached hydrogen (secondary N) is 1. The van der Waals surface area contributed by atoms with Crippen LogP contribution in [0.15, 0.2) is 12.1 Å². The van der Waals surface area contributed by atoms with Crippen LogP contribution >= 0.6 is 0 Å². The second-order valence-electron chi connectivity index (χ2n) is 5.56. The SMILES string of the molecule is CCc1cc(CNC)cc(N(C)CC2CC2C)n1. The summed E-state index contributed by atoms with van der Waals surface area (Å²) in [5.74, 6) is 2.90. The molecular weight excluding hydrogens is 222 g/mol. The van der Waals surface area contributed by atoms with E-state index in [0.29, 0.717) is 0 Å². The quantitative estimate of drug-likeness (QED) is 0.837. The third-order valence-electron chi connectivity index (χ3n) is 3.84. The number of aromatic nitrogens is 1. The Labute approximate surface area is 111 Å². The van der Waals surface area contributed by atoms with Crippen LogP contribution in [0.2, 0.25) is 0 Å². The molecule has 2 rings (SSSR count). The zero-order chi connectivity index (χ0) is 13.1. The number of hydrogen-bond acceptors (Lipinski definition) is 3. The molecule has 1 heterocycles. The van der Waals surface area contributed by atoms with Gasteiger partial charge in [-0.25, -0.2) is 4.98 Å². The van der Waals surface area contributed by atoms with Gasteiger partial charge in [0.1, 0.15) is 5.82 Å². The Morgan fingerprint density at radius 1 is 1.44 bits per heavy atom. The van der Waals surface area contributed by atoms with Crippen LogP contribution in [0.5, 0.6) is 0 Å². The second kappa shape index (κ2) is 5.70. The summed E-state index contributed by atoms with van der Waals surface area (Å²) in [6.45, 7) is 6.55. The smallest absolute Gasteiger partial charge is 0.128 e. The highest BCUT2D eigenvalue weighted by Crippen LogP contribution is 2.38. The molecule has 3 heteroatoms. The van der Waals surface area contributed by atoms with Crippen LogP contribution < -0.4 is 10.2 Å². The lowest BCUT2D eigenvalue weighted by Crippen LogP contribution is -2.22. The molecule has 1 aliphatic rings. The van der Waals surface area contributed by atoms with E-state index in [-0.39, 0.29) is 0 Å². The molecule has 1 aliphatic carbocycles. The van der Waals surface area contributed by atoms with Crippen LogP contribution in [0.1, 0.15) is 31.5 Å². The van der Waals surface area contributed by atoms with Gasteiger partial charge in [-0.05, 0) is 49.4 Å². The first-order valence-corrected chi connectivity index (χ1v) is 6.99. The predicted molar refractivity (Wildman–Crippen MR) is 76.9 cm³/mol. The van der Waals surface area contributed by atoms with E-state index in [0.717, 1.165) is 37.2 Å². The fourth-order valence-electron chi connectivity index (χ4n) is 2.41. The van der Waals surface area contributed by atoms with Crippen molar-refractivity contribution in [2.45, 2.75) is 33.2 Å². The highest BCUT2D eigenvalue weighted by atomic mass is 15.2. The molecular formula is C15H25N3. The Balaban J connectivity index is 2.11. The van der Waals surface area contributed by atoms with Gasteiger partial charge in [0.2, 0.25) is 0 Å². The molecule has 1 saturated carbocycles. The molecule has 0 radical (unpaired) electrons. The van der Waals surface area contributed by atoms with Gasteiger partial charge in [-0.3, -0.25) is 0 Å². The van der Waals surface area contributed by atoms with E-state index in [1.54, 1.807) is 0 Å². The van der Waals surface area contributed by atoms with Gasteiger partial charge in [-0.1, -0.05) is 13.8 Å². The van der Waals surface area contributed by atoms with Gasteiger partial charge in [0.05, 0.1) is 0 Å². The summed E-state index contributed by atoms with van der Waals surface area (Å²) in [6, 6.07) is 4.41. The summed E-state index contributed by atoms with van der Waals surface area (Å²) in [5, 5.41) is 3.22. The molecule has 2 atom stereocenters. The third-order valence-corrected chi connectivity index (χ3v) is 3.84. The highest BCUT2D eigenvalue weighted by molar-refractivity contribution is 5.42. The first-order valence-electron chi connectivity index (χ1n) is 6.99. The molecule has 3 nitrogen and oxygen atoms in total. The second-order valence-corrected chi connectivity index (χ2v) is 5.56. The summed E-state index contributed by atoms with van der Waals surface area (Å²) in [6.07, 6.45) is 2.37. The standard InChI is InChI=1S/C15H25N3/c1-5-14-7-12(9-16-3)8-15(17-14)18(4)10-13-6-11(13)2/h7-8,11,13,16H,5-6,9-10H2,1-4H3. The van der Waals surface area contributed by atoms with Crippen molar-refractivity contribution >= 4 is 5.82 Å². The zero-order valence-corrected chi connectivity index (χ0v) is 12.0. The maximum atomic E-state index is 4.74. The van der Waals surface area contributed by atoms with Gasteiger partial charge >= 0.3 is 0 Å². The lowest BCUT2D eigenvalue weighted by molar-refractivity contribution is 0.716. The van der Waals surface area contributed by atoms with E-state index in [1.807, 2.05) is 7.05 Å². The monoisotopic (exact) mass is 247 g/mol.